The number of unbranched alkanes of at least 4 members (excludes halogenated alkanes) is 1. The Balaban J connectivity index is 1.43. The number of carbonyl (C=O) groups is 3. The van der Waals surface area contributed by atoms with Crippen molar-refractivity contribution in [3.63, 3.8) is 0 Å². The average molecular weight is 1030 g/mol. The topological polar surface area (TPSA) is 287 Å². The number of imide groups is 1. The molecule has 0 bridgehead atoms. The van der Waals surface area contributed by atoms with E-state index in [0.717, 1.165) is 5.56 Å². The Morgan fingerprint density at radius 2 is 1.35 bits per heavy atom. The molecule has 2 amide bonds. The molecule has 1 fully saturated rings. The van der Waals surface area contributed by atoms with Gasteiger partial charge in [-0.2, -0.15) is 38.2 Å². The molecular formula is C46H54N3O16S4+. The highest BCUT2D eigenvalue weighted by molar-refractivity contribution is 7.86. The van der Waals surface area contributed by atoms with Gasteiger partial charge in [0.2, 0.25) is 5.69 Å². The lowest BCUT2D eigenvalue weighted by Crippen LogP contribution is -2.31. The summed E-state index contributed by atoms with van der Waals surface area (Å²) in [5.74, 6) is -2.99. The molecule has 6 rings (SSSR count). The van der Waals surface area contributed by atoms with E-state index in [4.69, 9.17) is 4.84 Å². The number of carbonyl (C=O) groups excluding carboxylic acids is 3. The quantitative estimate of drug-likeness (QED) is 0.0344. The number of aryl methyl sites for hydroxylation is 1. The predicted molar refractivity (Wildman–Crippen MR) is 254 cm³/mol. The fourth-order valence-electron chi connectivity index (χ4n) is 8.82. The number of fused-ring (bicyclic) bond motifs is 2. The van der Waals surface area contributed by atoms with Gasteiger partial charge >= 0.3 is 5.97 Å². The monoisotopic (exact) mass is 1030 g/mol. The molecule has 372 valence electrons. The van der Waals surface area contributed by atoms with Gasteiger partial charge in [-0.1, -0.05) is 44.2 Å². The highest BCUT2D eigenvalue weighted by Gasteiger charge is 2.45. The van der Waals surface area contributed by atoms with E-state index in [1.165, 1.54) is 36.4 Å². The van der Waals surface area contributed by atoms with Crippen molar-refractivity contribution in [3.05, 3.63) is 113 Å². The molecule has 3 heterocycles. The molecule has 23 heteroatoms. The van der Waals surface area contributed by atoms with Gasteiger partial charge in [0, 0.05) is 66.7 Å². The van der Waals surface area contributed by atoms with Gasteiger partial charge in [0.15, 0.2) is 5.71 Å². The predicted octanol–water partition coefficient (Wildman–Crippen LogP) is 5.75. The third-order valence-corrected chi connectivity index (χ3v) is 15.6. The maximum Gasteiger partial charge on any atom is 0.333 e. The van der Waals surface area contributed by atoms with Crippen LogP contribution in [0.3, 0.4) is 0 Å². The van der Waals surface area contributed by atoms with E-state index in [1.807, 2.05) is 52.0 Å². The summed E-state index contributed by atoms with van der Waals surface area (Å²) in [7, 11) is -17.9. The molecule has 3 aromatic carbocycles. The van der Waals surface area contributed by atoms with Gasteiger partial charge < -0.3 is 9.74 Å². The highest BCUT2D eigenvalue weighted by Crippen LogP contribution is 2.49. The van der Waals surface area contributed by atoms with Crippen LogP contribution in [0, 0.1) is 0 Å². The van der Waals surface area contributed by atoms with Crippen LogP contribution in [0.15, 0.2) is 100 Å². The minimum atomic E-state index is -4.62. The molecule has 0 aromatic heterocycles. The molecule has 1 saturated heterocycles. The number of hydrogen-bond acceptors (Lipinski definition) is 13. The second-order valence-electron chi connectivity index (χ2n) is 18.0. The standard InChI is InChI=1S/C46H53N3O16S4/c1-45(2)36-29-34(68(59,60)61)16-18-38(36)47(24-8-26-66(53,54)55)40(45)20-14-32(33-12-7-11-31(28-33)10-5-6-13-44(52)65-49-42(50)22-23-43(49)51)15-21-41-46(3,4)37-30-35(69(62,63)64)17-19-39(37)48(41)25-9-27-67(56,57)58/h7,11-12,14-21,28-30H,5-6,8-10,13,22-27H2,1-4H3,(H3-,53,54,55,56,57,58,59,60,61,62,63,64)/p+1. The molecule has 3 aliphatic rings. The summed E-state index contributed by atoms with van der Waals surface area (Å²) < 4.78 is 137. The van der Waals surface area contributed by atoms with E-state index in [1.54, 1.807) is 33.8 Å². The van der Waals surface area contributed by atoms with Crippen LogP contribution in [-0.4, -0.2) is 110 Å². The number of hydrogen-bond donors (Lipinski definition) is 4. The Bertz CT molecular complexity index is 3160. The highest BCUT2D eigenvalue weighted by atomic mass is 32.2. The van der Waals surface area contributed by atoms with Crippen LogP contribution in [0.1, 0.15) is 94.9 Å². The number of amides is 2. The van der Waals surface area contributed by atoms with Crippen molar-refractivity contribution >= 4 is 80.9 Å². The Labute approximate surface area is 401 Å². The smallest absolute Gasteiger partial charge is 0.333 e. The molecule has 0 atom stereocenters. The minimum absolute atomic E-state index is 0.0167. The van der Waals surface area contributed by atoms with Crippen molar-refractivity contribution in [2.75, 3.05) is 29.5 Å². The van der Waals surface area contributed by atoms with Crippen LogP contribution in [0.25, 0.3) is 5.57 Å². The zero-order chi connectivity index (χ0) is 50.9. The summed E-state index contributed by atoms with van der Waals surface area (Å²) in [6.45, 7) is 7.47. The van der Waals surface area contributed by atoms with Crippen molar-refractivity contribution in [3.8, 4) is 0 Å². The molecule has 3 aromatic rings. The Morgan fingerprint density at radius 3 is 1.97 bits per heavy atom. The molecule has 0 unspecified atom stereocenters. The van der Waals surface area contributed by atoms with Gasteiger partial charge in [-0.3, -0.25) is 27.8 Å². The number of hydroxylamine groups is 2. The van der Waals surface area contributed by atoms with Gasteiger partial charge in [-0.15, -0.1) is 5.06 Å². The number of rotatable bonds is 20. The van der Waals surface area contributed by atoms with Gasteiger partial charge in [-0.05, 0) is 104 Å². The first-order valence-corrected chi connectivity index (χ1v) is 27.9. The second kappa shape index (κ2) is 20.1. The number of nitrogens with zero attached hydrogens (tertiary/aromatic N) is 3. The second-order valence-corrected chi connectivity index (χ2v) is 24.0. The molecule has 19 nitrogen and oxygen atoms in total. The van der Waals surface area contributed by atoms with Crippen LogP contribution in [-0.2, 0) is 76.9 Å². The summed E-state index contributed by atoms with van der Waals surface area (Å²) >= 11 is 0. The molecule has 3 aliphatic heterocycles. The fourth-order valence-corrected chi connectivity index (χ4v) is 10.8. The number of benzene rings is 3. The zero-order valence-corrected chi connectivity index (χ0v) is 41.5. The van der Waals surface area contributed by atoms with Crippen molar-refractivity contribution < 1.29 is 75.7 Å². The molecule has 0 aliphatic carbocycles. The van der Waals surface area contributed by atoms with Gasteiger partial charge in [0.1, 0.15) is 6.54 Å². The summed E-state index contributed by atoms with van der Waals surface area (Å²) in [5.41, 5.74) is 3.53. The number of allylic oxidation sites excluding steroid dienone is 6. The van der Waals surface area contributed by atoms with E-state index < -0.39 is 80.6 Å². The minimum Gasteiger partial charge on any atom is -0.344 e. The third-order valence-electron chi connectivity index (χ3n) is 12.3. The Kier molecular flexibility index (Phi) is 15.5. The van der Waals surface area contributed by atoms with Crippen molar-refractivity contribution in [2.24, 2.45) is 0 Å². The van der Waals surface area contributed by atoms with Crippen LogP contribution >= 0.6 is 0 Å². The lowest BCUT2D eigenvalue weighted by molar-refractivity contribution is -0.437. The summed E-state index contributed by atoms with van der Waals surface area (Å²) in [6.07, 6.45) is 8.42. The van der Waals surface area contributed by atoms with Gasteiger partial charge in [0.25, 0.3) is 52.3 Å². The molecule has 4 N–H and O–H groups in total. The van der Waals surface area contributed by atoms with E-state index >= 15 is 0 Å². The zero-order valence-electron chi connectivity index (χ0n) is 38.2. The largest absolute Gasteiger partial charge is 0.344 e. The van der Waals surface area contributed by atoms with Crippen molar-refractivity contribution in [1.29, 1.82) is 0 Å². The summed E-state index contributed by atoms with van der Waals surface area (Å²) in [6, 6.07) is 15.7. The SMILES string of the molecule is CC1(C)C(/C=C/C(=C/C=C2/N(CCCS(=O)(=O)O)c3ccc(S(=O)(=O)O)cc3C2(C)C)c2cccc(CCCCC(=O)ON3C(=O)CCC3=O)c2)=[N+](CCCS(=O)(=O)O)c2ccc(S(=O)(=O)O)cc21. The summed E-state index contributed by atoms with van der Waals surface area (Å²) in [5, 5.41) is 0.503. The van der Waals surface area contributed by atoms with E-state index in [2.05, 4.69) is 0 Å². The molecule has 69 heavy (non-hydrogen) atoms. The van der Waals surface area contributed by atoms with Gasteiger partial charge in [-0.25, -0.2) is 4.79 Å². The Hall–Kier alpha value is -5.40. The molecule has 0 radical (unpaired) electrons. The van der Waals surface area contributed by atoms with E-state index in [9.17, 15) is 66.3 Å². The normalized spacial score (nSPS) is 17.9. The Morgan fingerprint density at radius 1 is 0.739 bits per heavy atom. The molecular weight excluding hydrogens is 979 g/mol. The van der Waals surface area contributed by atoms with Crippen molar-refractivity contribution in [2.45, 2.75) is 99.7 Å². The maximum absolute atomic E-state index is 12.5. The van der Waals surface area contributed by atoms with E-state index in [-0.39, 0.29) is 55.0 Å². The first-order chi connectivity index (χ1) is 32.0. The van der Waals surface area contributed by atoms with Gasteiger partial charge in [0.05, 0.1) is 26.7 Å². The lowest BCUT2D eigenvalue weighted by Gasteiger charge is -2.27. The van der Waals surface area contributed by atoms with Crippen molar-refractivity contribution in [1.82, 2.24) is 5.06 Å². The van der Waals surface area contributed by atoms with Crippen LogP contribution in [0.4, 0.5) is 11.4 Å². The first kappa shape index (κ1) is 53.0. The molecule has 0 saturated carbocycles. The van der Waals surface area contributed by atoms with E-state index in [0.29, 0.717) is 69.4 Å². The molecule has 0 spiro atoms. The lowest BCUT2D eigenvalue weighted by atomic mass is 9.81. The van der Waals surface area contributed by atoms with Crippen LogP contribution in [0.2, 0.25) is 0 Å². The maximum atomic E-state index is 12.5. The average Bonchev–Trinajstić information content (AvgIpc) is 3.75. The fraction of sp³-hybridized carbons (Fsp3) is 0.391. The third kappa shape index (κ3) is 12.7. The van der Waals surface area contributed by atoms with Crippen LogP contribution in [0.5, 0.6) is 0 Å². The van der Waals surface area contributed by atoms with Crippen LogP contribution < -0.4 is 4.90 Å². The summed E-state index contributed by atoms with van der Waals surface area (Å²) in [4.78, 5) is 42.4. The first-order valence-electron chi connectivity index (χ1n) is 21.8. The number of anilines is 1.